The van der Waals surface area contributed by atoms with E-state index < -0.39 is 0 Å². The lowest BCUT2D eigenvalue weighted by Gasteiger charge is -2.15. The van der Waals surface area contributed by atoms with Crippen LogP contribution in [0.5, 0.6) is 5.75 Å². The van der Waals surface area contributed by atoms with Gasteiger partial charge >= 0.3 is 0 Å². The minimum atomic E-state index is -0.145. The molecule has 1 atom stereocenters. The summed E-state index contributed by atoms with van der Waals surface area (Å²) in [4.78, 5) is 16.9. The zero-order chi connectivity index (χ0) is 19.7. The third-order valence-corrected chi connectivity index (χ3v) is 5.44. The number of halogens is 1. The molecule has 1 N–H and O–H groups in total. The highest BCUT2D eigenvalue weighted by molar-refractivity contribution is 6.33. The molecule has 1 amide bonds. The summed E-state index contributed by atoms with van der Waals surface area (Å²) in [6.07, 6.45) is 2.47. The number of ether oxygens (including phenoxy) is 1. The van der Waals surface area contributed by atoms with E-state index in [-0.39, 0.29) is 11.9 Å². The van der Waals surface area contributed by atoms with Crippen molar-refractivity contribution in [1.29, 1.82) is 0 Å². The molecule has 0 aliphatic carbocycles. The zero-order valence-corrected chi connectivity index (χ0v) is 16.6. The van der Waals surface area contributed by atoms with E-state index in [0.29, 0.717) is 29.4 Å². The van der Waals surface area contributed by atoms with E-state index in [4.69, 9.17) is 16.3 Å². The van der Waals surface area contributed by atoms with Gasteiger partial charge in [-0.15, -0.1) is 0 Å². The molecule has 0 fully saturated rings. The molecule has 0 spiro atoms. The minimum absolute atomic E-state index is 0.0566. The van der Waals surface area contributed by atoms with Gasteiger partial charge in [-0.05, 0) is 55.2 Å². The maximum absolute atomic E-state index is 12.5. The predicted molar refractivity (Wildman–Crippen MR) is 111 cm³/mol. The molecule has 5 heteroatoms. The van der Waals surface area contributed by atoms with Crippen LogP contribution in [0.4, 0.5) is 0 Å². The lowest BCUT2D eigenvalue weighted by atomic mass is 9.96. The molecule has 4 nitrogen and oxygen atoms in total. The topological polar surface area (TPSA) is 51.2 Å². The normalized spacial score (nSPS) is 16.0. The van der Waals surface area contributed by atoms with Gasteiger partial charge in [-0.25, -0.2) is 0 Å². The SMILES string of the molecule is Cc1c(Cc2ccc(-c3ccccn3)cc2)cc2c(c1Cl)OC[C@@H](C)NC2=O. The van der Waals surface area contributed by atoms with Gasteiger partial charge in [0.1, 0.15) is 6.61 Å². The van der Waals surface area contributed by atoms with Crippen molar-refractivity contribution >= 4 is 17.5 Å². The maximum atomic E-state index is 12.5. The molecule has 3 aromatic rings. The summed E-state index contributed by atoms with van der Waals surface area (Å²) >= 11 is 6.56. The molecule has 0 radical (unpaired) electrons. The summed E-state index contributed by atoms with van der Waals surface area (Å²) in [6.45, 7) is 4.29. The van der Waals surface area contributed by atoms with Crippen LogP contribution in [-0.4, -0.2) is 23.5 Å². The van der Waals surface area contributed by atoms with Gasteiger partial charge in [-0.3, -0.25) is 9.78 Å². The van der Waals surface area contributed by atoms with Gasteiger partial charge in [0.15, 0.2) is 5.75 Å². The van der Waals surface area contributed by atoms with Crippen LogP contribution >= 0.6 is 11.6 Å². The van der Waals surface area contributed by atoms with E-state index in [9.17, 15) is 4.79 Å². The molecule has 0 bridgehead atoms. The fourth-order valence-electron chi connectivity index (χ4n) is 3.37. The third-order valence-electron chi connectivity index (χ3n) is 4.98. The van der Waals surface area contributed by atoms with Gasteiger partial charge in [0.05, 0.1) is 22.3 Å². The number of rotatable bonds is 3. The van der Waals surface area contributed by atoms with Crippen molar-refractivity contribution in [1.82, 2.24) is 10.3 Å². The highest BCUT2D eigenvalue weighted by Crippen LogP contribution is 2.36. The lowest BCUT2D eigenvalue weighted by Crippen LogP contribution is -2.33. The summed E-state index contributed by atoms with van der Waals surface area (Å²) in [6, 6.07) is 16.0. The molecular formula is C23H21ClN2O2. The highest BCUT2D eigenvalue weighted by atomic mass is 35.5. The highest BCUT2D eigenvalue weighted by Gasteiger charge is 2.25. The number of carbonyl (C=O) groups excluding carboxylic acids is 1. The molecular weight excluding hydrogens is 372 g/mol. The lowest BCUT2D eigenvalue weighted by molar-refractivity contribution is 0.0942. The first-order valence-corrected chi connectivity index (χ1v) is 9.66. The first-order chi connectivity index (χ1) is 13.5. The molecule has 0 saturated heterocycles. The van der Waals surface area contributed by atoms with Crippen LogP contribution in [0, 0.1) is 6.92 Å². The number of amides is 1. The Kier molecular flexibility index (Phi) is 5.05. The van der Waals surface area contributed by atoms with E-state index in [1.807, 2.05) is 38.1 Å². The van der Waals surface area contributed by atoms with Crippen molar-refractivity contribution in [2.45, 2.75) is 26.3 Å². The van der Waals surface area contributed by atoms with Gasteiger partial charge < -0.3 is 10.1 Å². The van der Waals surface area contributed by atoms with E-state index in [1.165, 1.54) is 0 Å². The number of fused-ring (bicyclic) bond motifs is 1. The minimum Gasteiger partial charge on any atom is -0.489 e. The third kappa shape index (κ3) is 3.60. The van der Waals surface area contributed by atoms with Gasteiger partial charge in [0.2, 0.25) is 0 Å². The standard InChI is InChI=1S/C23H21ClN2O2/c1-14-13-28-22-19(23(27)26-14)12-18(15(2)21(22)24)11-16-6-8-17(9-7-16)20-5-3-4-10-25-20/h3-10,12,14H,11,13H2,1-2H3,(H,26,27)/t14-/m1/s1. The number of nitrogens with zero attached hydrogens (tertiary/aromatic N) is 1. The summed E-state index contributed by atoms with van der Waals surface area (Å²) in [5.74, 6) is 0.337. The number of nitrogens with one attached hydrogen (secondary N) is 1. The van der Waals surface area contributed by atoms with Crippen LogP contribution in [0.25, 0.3) is 11.3 Å². The molecule has 28 heavy (non-hydrogen) atoms. The van der Waals surface area contributed by atoms with Crippen LogP contribution in [-0.2, 0) is 6.42 Å². The Morgan fingerprint density at radius 2 is 2.00 bits per heavy atom. The van der Waals surface area contributed by atoms with E-state index in [2.05, 4.69) is 34.6 Å². The number of hydrogen-bond donors (Lipinski definition) is 1. The average Bonchev–Trinajstić information content (AvgIpc) is 2.85. The average molecular weight is 393 g/mol. The monoisotopic (exact) mass is 392 g/mol. The van der Waals surface area contributed by atoms with Crippen molar-refractivity contribution in [2.75, 3.05) is 6.61 Å². The fraction of sp³-hybridized carbons (Fsp3) is 0.217. The van der Waals surface area contributed by atoms with Crippen LogP contribution in [0.3, 0.4) is 0 Å². The number of hydrogen-bond acceptors (Lipinski definition) is 3. The van der Waals surface area contributed by atoms with Gasteiger partial charge in [0.25, 0.3) is 5.91 Å². The zero-order valence-electron chi connectivity index (χ0n) is 15.8. The molecule has 2 heterocycles. The Morgan fingerprint density at radius 1 is 1.21 bits per heavy atom. The second-order valence-electron chi connectivity index (χ2n) is 7.13. The summed E-state index contributed by atoms with van der Waals surface area (Å²) < 4.78 is 5.79. The van der Waals surface area contributed by atoms with Crippen LogP contribution in [0.2, 0.25) is 5.02 Å². The molecule has 4 rings (SSSR count). The van der Waals surface area contributed by atoms with Gasteiger partial charge in [0, 0.05) is 11.8 Å². The van der Waals surface area contributed by atoms with Crippen molar-refractivity contribution in [2.24, 2.45) is 0 Å². The second kappa shape index (κ2) is 7.64. The van der Waals surface area contributed by atoms with Crippen LogP contribution in [0.15, 0.2) is 54.7 Å². The fourth-order valence-corrected chi connectivity index (χ4v) is 3.65. The smallest absolute Gasteiger partial charge is 0.255 e. The Hall–Kier alpha value is -2.85. The Balaban J connectivity index is 1.64. The van der Waals surface area contributed by atoms with Gasteiger partial charge in [-0.2, -0.15) is 0 Å². The quantitative estimate of drug-likeness (QED) is 0.695. The first kappa shape index (κ1) is 18.5. The molecule has 1 aliphatic rings. The van der Waals surface area contributed by atoms with Crippen LogP contribution < -0.4 is 10.1 Å². The van der Waals surface area contributed by atoms with Crippen LogP contribution in [0.1, 0.15) is 34.0 Å². The molecule has 0 unspecified atom stereocenters. The Bertz CT molecular complexity index is 1020. The molecule has 2 aromatic carbocycles. The van der Waals surface area contributed by atoms with Crippen molar-refractivity contribution < 1.29 is 9.53 Å². The summed E-state index contributed by atoms with van der Waals surface area (Å²) in [5.41, 5.74) is 5.62. The molecule has 142 valence electrons. The van der Waals surface area contributed by atoms with E-state index in [0.717, 1.165) is 27.9 Å². The molecule has 1 aromatic heterocycles. The van der Waals surface area contributed by atoms with E-state index in [1.54, 1.807) is 6.20 Å². The van der Waals surface area contributed by atoms with Gasteiger partial charge in [-0.1, -0.05) is 41.9 Å². The number of carbonyl (C=O) groups is 1. The summed E-state index contributed by atoms with van der Waals surface area (Å²) in [5, 5.41) is 3.45. The molecule has 1 aliphatic heterocycles. The van der Waals surface area contributed by atoms with Crippen molar-refractivity contribution in [3.8, 4) is 17.0 Å². The number of pyridine rings is 1. The Morgan fingerprint density at radius 3 is 2.71 bits per heavy atom. The Labute approximate surface area is 169 Å². The largest absolute Gasteiger partial charge is 0.489 e. The number of aromatic nitrogens is 1. The molecule has 0 saturated carbocycles. The first-order valence-electron chi connectivity index (χ1n) is 9.29. The summed E-state index contributed by atoms with van der Waals surface area (Å²) in [7, 11) is 0. The van der Waals surface area contributed by atoms with Crippen molar-refractivity contribution in [3.63, 3.8) is 0 Å². The van der Waals surface area contributed by atoms with Crippen molar-refractivity contribution in [3.05, 3.63) is 82.0 Å². The predicted octanol–water partition coefficient (Wildman–Crippen LogP) is 4.81. The number of benzene rings is 2. The maximum Gasteiger partial charge on any atom is 0.255 e. The van der Waals surface area contributed by atoms with E-state index >= 15 is 0 Å². The second-order valence-corrected chi connectivity index (χ2v) is 7.50.